The lowest BCUT2D eigenvalue weighted by molar-refractivity contribution is -0.118. The van der Waals surface area contributed by atoms with E-state index in [0.29, 0.717) is 86.2 Å². The summed E-state index contributed by atoms with van der Waals surface area (Å²) >= 11 is 0. The molecule has 0 unspecified atom stereocenters. The summed E-state index contributed by atoms with van der Waals surface area (Å²) < 4.78 is 13.9. The summed E-state index contributed by atoms with van der Waals surface area (Å²) in [7, 11) is 10.9. The van der Waals surface area contributed by atoms with Crippen molar-refractivity contribution in [2.24, 2.45) is 58.9 Å². The van der Waals surface area contributed by atoms with Gasteiger partial charge in [0.25, 0.3) is 0 Å². The monoisotopic (exact) mass is 1840 g/mol. The number of anilines is 9. The highest BCUT2D eigenvalue weighted by molar-refractivity contribution is 6.03. The van der Waals surface area contributed by atoms with E-state index in [1.165, 1.54) is 0 Å². The second kappa shape index (κ2) is 36.5. The van der Waals surface area contributed by atoms with E-state index < -0.39 is 0 Å². The number of methoxy groups -OCH3 is 1. The summed E-state index contributed by atoms with van der Waals surface area (Å²) in [5.74, 6) is 5.03. The number of nitrogens with two attached hydrogens (primary N) is 4. The zero-order valence-electron chi connectivity index (χ0n) is 77.4. The summed E-state index contributed by atoms with van der Waals surface area (Å²) in [4.78, 5) is 107. The number of nitrogens with one attached hydrogen (secondary N) is 4. The van der Waals surface area contributed by atoms with Crippen molar-refractivity contribution >= 4 is 131 Å². The maximum atomic E-state index is 12.8. The first-order chi connectivity index (χ1) is 66.3. The van der Waals surface area contributed by atoms with Crippen LogP contribution in [0.5, 0.6) is 0 Å². The Morgan fingerprint density at radius 2 is 0.717 bits per heavy atom. The predicted molar refractivity (Wildman–Crippen MR) is 529 cm³/mol. The van der Waals surface area contributed by atoms with Crippen LogP contribution in [0.15, 0.2) is 210 Å². The topological polar surface area (TPSA) is 497 Å². The van der Waals surface area contributed by atoms with E-state index in [4.69, 9.17) is 27.7 Å². The summed E-state index contributed by atoms with van der Waals surface area (Å²) in [5, 5.41) is 48.8. The minimum Gasteiger partial charge on any atom is -0.506 e. The molecule has 0 radical (unpaired) electrons. The average Bonchev–Trinajstić information content (AvgIpc) is 1.54. The maximum Gasteiger partial charge on any atom is 0.229 e. The van der Waals surface area contributed by atoms with Crippen LogP contribution >= 0.6 is 0 Å². The van der Waals surface area contributed by atoms with Gasteiger partial charge >= 0.3 is 0 Å². The molecule has 13 N–H and O–H groups in total. The Bertz CT molecular complexity index is 7820. The van der Waals surface area contributed by atoms with E-state index in [1.54, 1.807) is 86.0 Å². The molecule has 0 spiro atoms. The first-order valence-corrected chi connectivity index (χ1v) is 44.7. The Kier molecular flexibility index (Phi) is 23.8. The number of pyridine rings is 12. The van der Waals surface area contributed by atoms with Gasteiger partial charge in [-0.05, 0) is 222 Å². The summed E-state index contributed by atoms with van der Waals surface area (Å²) in [5.41, 5.74) is 43.2. The molecule has 138 heavy (non-hydrogen) atoms. The van der Waals surface area contributed by atoms with Gasteiger partial charge in [-0.25, -0.2) is 44.9 Å². The SMILES string of the molecule is C=C(O)c1cc(C)c(-c2cc3cc(NC(=O)[C@H]4C[C@@H]4c4cnn(C)c4)ncc3c(N)n2)cn1.C=C(OC)c1cc(C)c(-c2cc3cc(NC(=O)[C@H]4C[C@@H]4c4cnn(C)c4)ncc3c(N)n2)cn1.C=C1CCN1c1cc(C)c(-c2cc3cc(NC(=O)[C@H]4C[C@@H]4c4cnn(C)c4)ncc3c(N)n2)cn1.Cc1cc(-c2ccn(C)n2)ncc1-c1cc2cc(NC(=O)[C@H]3C[C@@H]3c3cnn(C)c3)ncc2c(N)n1. The molecule has 17 aromatic rings. The van der Waals surface area contributed by atoms with E-state index >= 15 is 0 Å². The second-order valence-electron chi connectivity index (χ2n) is 35.7. The molecule has 18 heterocycles. The Labute approximate surface area is 791 Å². The Morgan fingerprint density at radius 3 is 1.00 bits per heavy atom. The fraction of sp³-hybridized carbons (Fsp3) is 0.238. The number of rotatable bonds is 21. The van der Waals surface area contributed by atoms with E-state index in [9.17, 15) is 24.3 Å². The molecular weight excluding hydrogens is 1740 g/mol. The third kappa shape index (κ3) is 18.9. The molecule has 1 saturated heterocycles. The van der Waals surface area contributed by atoms with Gasteiger partial charge in [-0.15, -0.1) is 0 Å². The highest BCUT2D eigenvalue weighted by atomic mass is 16.5. The number of aryl methyl sites for hydroxylation is 9. The smallest absolute Gasteiger partial charge is 0.229 e. The Balaban J connectivity index is 0.000000118. The molecule has 37 heteroatoms. The lowest BCUT2D eigenvalue weighted by atomic mass is 10.0. The molecule has 4 saturated carbocycles. The summed E-state index contributed by atoms with van der Waals surface area (Å²) in [6, 6.07) is 24.6. The zero-order chi connectivity index (χ0) is 96.5. The summed E-state index contributed by atoms with van der Waals surface area (Å²) in [6.07, 6.45) is 34.8. The van der Waals surface area contributed by atoms with Gasteiger partial charge in [-0.2, -0.15) is 25.5 Å². The number of carbonyl (C=O) groups excluding carboxylic acids is 4. The van der Waals surface area contributed by atoms with Crippen LogP contribution in [0.3, 0.4) is 0 Å². The zero-order valence-corrected chi connectivity index (χ0v) is 77.4. The van der Waals surface area contributed by atoms with E-state index in [1.807, 2.05) is 192 Å². The fourth-order valence-corrected chi connectivity index (χ4v) is 17.5. The lowest BCUT2D eigenvalue weighted by Crippen LogP contribution is -2.34. The fourth-order valence-electron chi connectivity index (χ4n) is 17.5. The molecule has 5 aliphatic rings. The van der Waals surface area contributed by atoms with Crippen LogP contribution in [-0.4, -0.2) is 151 Å². The predicted octanol–water partition coefficient (Wildman–Crippen LogP) is 14.5. The standard InChI is InChI=1S/C26H25N9O.C26H26N8O.C25H25N7O2.C24H23N7O2/c1-14-6-23(21-4-5-34(2)33-21)28-11-19(14)22-7-15-8-24(29-12-20(15)25(27)31-22)32-26(36)18-9-17(18)16-10-30-35(3)13-16;1-14-6-24(34-5-4-15(34)2)29-11-20(14)22-7-16-8-23(28-12-21(16)25(27)31-22)32-26(35)19-9-18(19)17-10-30-33(3)13-17;1-13-5-21(14(2)34-4)27-10-19(13)22-6-15-7-23(28-11-20(15)24(26)30-22)31-25(33)18-8-17(18)16-9-29-32(3)12-16;1-12-4-20(13(2)32)26-9-18(12)21-5-14-6-22(27-10-19(14)23(25)29-21)30-24(33)17-7-16(17)15-8-28-31(3)11-15/h4-8,10-13,17-18H,9H2,1-3H3,(H2,27,31)(H,29,32,36);6-8,10-13,18-19H,2,4-5,9H2,1,3H3,(H2,27,31)(H,28,32,35);5-7,9-12,17-18H,2,8H2,1,3-4H3,(H2,26,30)(H,28,31,33);4-6,8-11,16-17,32H,2,7H2,1,3H3,(H2,25,29)(H,27,30,33)/t17-,18+;18-,19+;17-,18+;16-,17+/m1111/s1. The van der Waals surface area contributed by atoms with Gasteiger partial charge < -0.3 is 58.9 Å². The van der Waals surface area contributed by atoms with Crippen LogP contribution < -0.4 is 49.1 Å². The van der Waals surface area contributed by atoms with Gasteiger partial charge in [-0.3, -0.25) is 57.5 Å². The minimum absolute atomic E-state index is 0.0313. The molecule has 22 rings (SSSR count). The highest BCUT2D eigenvalue weighted by Crippen LogP contribution is 2.52. The number of hydrogen-bond acceptors (Lipinski definition) is 28. The number of aliphatic hydroxyl groups is 1. The van der Waals surface area contributed by atoms with Crippen molar-refractivity contribution in [3.05, 3.63) is 266 Å². The molecule has 0 bridgehead atoms. The molecule has 4 aliphatic carbocycles. The van der Waals surface area contributed by atoms with E-state index in [-0.39, 0.29) is 76.7 Å². The number of carbonyl (C=O) groups is 4. The molecule has 4 amide bonds. The van der Waals surface area contributed by atoms with Gasteiger partial charge in [-0.1, -0.05) is 19.7 Å². The molecule has 8 atom stereocenters. The van der Waals surface area contributed by atoms with Gasteiger partial charge in [0, 0.05) is 202 Å². The van der Waals surface area contributed by atoms with Crippen molar-refractivity contribution in [3.8, 4) is 56.4 Å². The molecule has 1 aliphatic heterocycles. The van der Waals surface area contributed by atoms with Gasteiger partial charge in [0.15, 0.2) is 0 Å². The third-order valence-electron chi connectivity index (χ3n) is 25.7. The average molecular weight is 1840 g/mol. The summed E-state index contributed by atoms with van der Waals surface area (Å²) in [6.45, 7) is 20.3. The van der Waals surface area contributed by atoms with E-state index in [0.717, 1.165) is 172 Å². The number of ether oxygens (including phenoxy) is 1. The number of fused-ring (bicyclic) bond motifs is 4. The number of amides is 4. The molecule has 37 nitrogen and oxygen atoms in total. The van der Waals surface area contributed by atoms with Crippen LogP contribution in [0.1, 0.15) is 112 Å². The molecule has 694 valence electrons. The molecule has 0 aromatic carbocycles. The van der Waals surface area contributed by atoms with Crippen molar-refractivity contribution < 1.29 is 29.0 Å². The number of aromatic nitrogens is 22. The van der Waals surface area contributed by atoms with Crippen molar-refractivity contribution in [1.29, 1.82) is 0 Å². The number of hydrogen-bond donors (Lipinski definition) is 9. The van der Waals surface area contributed by atoms with Gasteiger partial charge in [0.1, 0.15) is 81.0 Å². The second-order valence-corrected chi connectivity index (χ2v) is 35.7. The van der Waals surface area contributed by atoms with Crippen molar-refractivity contribution in [1.82, 2.24) is 109 Å². The lowest BCUT2D eigenvalue weighted by Gasteiger charge is -2.34. The van der Waals surface area contributed by atoms with Crippen molar-refractivity contribution in [3.63, 3.8) is 0 Å². The highest BCUT2D eigenvalue weighted by Gasteiger charge is 2.48. The maximum absolute atomic E-state index is 12.8. The molecule has 5 fully saturated rings. The van der Waals surface area contributed by atoms with Crippen LogP contribution in [0.2, 0.25) is 0 Å². The van der Waals surface area contributed by atoms with Crippen LogP contribution in [0, 0.1) is 51.4 Å². The van der Waals surface area contributed by atoms with Crippen LogP contribution in [-0.2, 0) is 59.2 Å². The number of nitrogens with zero attached hydrogens (tertiary/aromatic N) is 23. The van der Waals surface area contributed by atoms with Gasteiger partial charge in [0.05, 0.1) is 60.4 Å². The largest absolute Gasteiger partial charge is 0.506 e. The van der Waals surface area contributed by atoms with Crippen LogP contribution in [0.25, 0.3) is 111 Å². The Morgan fingerprint density at radius 1 is 0.391 bits per heavy atom. The van der Waals surface area contributed by atoms with Crippen LogP contribution in [0.4, 0.5) is 52.4 Å². The van der Waals surface area contributed by atoms with E-state index in [2.05, 4.69) is 131 Å². The molecular formula is C101H99N31O6. The quantitative estimate of drug-likeness (QED) is 0.0302. The minimum atomic E-state index is -0.0940. The van der Waals surface area contributed by atoms with Crippen molar-refractivity contribution in [2.75, 3.05) is 62.8 Å². The first-order valence-electron chi connectivity index (χ1n) is 44.7. The normalized spacial score (nSPS) is 17.5. The van der Waals surface area contributed by atoms with Crippen molar-refractivity contribution in [2.45, 2.75) is 83.5 Å². The van der Waals surface area contributed by atoms with Gasteiger partial charge in [0.2, 0.25) is 23.6 Å². The number of aliphatic hydroxyl groups excluding tert-OH is 1. The third-order valence-corrected chi connectivity index (χ3v) is 25.7. The first kappa shape index (κ1) is 89.8. The molecule has 17 aromatic heterocycles. The Hall–Kier alpha value is -17.4. The number of nitrogen functional groups attached to an aromatic ring is 4.